The van der Waals surface area contributed by atoms with Crippen LogP contribution in [-0.2, 0) is 0 Å². The van der Waals surface area contributed by atoms with Gasteiger partial charge in [0.2, 0.25) is 0 Å². The largest absolute Gasteiger partial charge is 0.262 e. The Balaban J connectivity index is 0.000000325. The summed E-state index contributed by atoms with van der Waals surface area (Å²) in [6.45, 7) is 31.5. The molecule has 3 aromatic heterocycles. The van der Waals surface area contributed by atoms with Gasteiger partial charge in [-0.2, -0.15) is 0 Å². The fraction of sp³-hybridized carbons (Fsp3) is 0.426. The topological polar surface area (TPSA) is 38.7 Å². The highest BCUT2D eigenvalue weighted by Crippen LogP contribution is 2.24. The van der Waals surface area contributed by atoms with E-state index in [0.29, 0.717) is 29.6 Å². The summed E-state index contributed by atoms with van der Waals surface area (Å²) in [6.07, 6.45) is 5.53. The van der Waals surface area contributed by atoms with Crippen LogP contribution in [0.3, 0.4) is 0 Å². The Hall–Kier alpha value is -3.89. The summed E-state index contributed by atoms with van der Waals surface area (Å²) in [5.74, 6) is 2.58. The number of benzene rings is 2. The van der Waals surface area contributed by atoms with Crippen LogP contribution in [0.4, 0.5) is 4.39 Å². The third kappa shape index (κ3) is 17.6. The van der Waals surface area contributed by atoms with E-state index in [1.54, 1.807) is 13.1 Å². The molecule has 0 bridgehead atoms. The lowest BCUT2D eigenvalue weighted by molar-refractivity contribution is 0.616. The summed E-state index contributed by atoms with van der Waals surface area (Å²) >= 11 is 6.03. The van der Waals surface area contributed by atoms with Gasteiger partial charge in [-0.05, 0) is 134 Å². The molecule has 5 rings (SSSR count). The predicted octanol–water partition coefficient (Wildman–Crippen LogP) is 14.6. The molecule has 0 saturated heterocycles. The number of halogens is 2. The van der Waals surface area contributed by atoms with Gasteiger partial charge in [0, 0.05) is 30.0 Å². The maximum absolute atomic E-state index is 12.8. The van der Waals surface area contributed by atoms with Gasteiger partial charge in [0.25, 0.3) is 0 Å². The zero-order valence-electron chi connectivity index (χ0n) is 34.6. The molecule has 5 heteroatoms. The summed E-state index contributed by atoms with van der Waals surface area (Å²) in [7, 11) is 0. The summed E-state index contributed by atoms with van der Waals surface area (Å²) in [6, 6.07) is 24.2. The van der Waals surface area contributed by atoms with Gasteiger partial charge in [0.1, 0.15) is 5.82 Å². The molecule has 2 aromatic carbocycles. The van der Waals surface area contributed by atoms with Crippen LogP contribution in [0.15, 0.2) is 91.4 Å². The Bertz CT molecular complexity index is 1640. The number of rotatable bonds is 5. The van der Waals surface area contributed by atoms with Gasteiger partial charge in [-0.15, -0.1) is 0 Å². The van der Waals surface area contributed by atoms with Gasteiger partial charge in [0.15, 0.2) is 0 Å². The minimum absolute atomic E-state index is 0.116. The molecule has 5 aromatic rings. The lowest BCUT2D eigenvalue weighted by Crippen LogP contribution is -1.94. The number of nitrogens with zero attached hydrogens (tertiary/aromatic N) is 3. The highest BCUT2D eigenvalue weighted by atomic mass is 35.5. The second-order valence-corrected chi connectivity index (χ2v) is 15.4. The van der Waals surface area contributed by atoms with Crippen LogP contribution >= 0.6 is 11.6 Å². The molecular weight excluding hydrogens is 661 g/mol. The number of aromatic nitrogens is 3. The first-order valence-electron chi connectivity index (χ1n) is 18.6. The Morgan fingerprint density at radius 1 is 0.481 bits per heavy atom. The molecule has 0 aliphatic rings. The molecule has 0 unspecified atom stereocenters. The third-order valence-electron chi connectivity index (χ3n) is 8.33. The van der Waals surface area contributed by atoms with Gasteiger partial charge in [-0.1, -0.05) is 123 Å². The van der Waals surface area contributed by atoms with E-state index < -0.39 is 0 Å². The molecule has 52 heavy (non-hydrogen) atoms. The fourth-order valence-electron chi connectivity index (χ4n) is 4.82. The highest BCUT2D eigenvalue weighted by Gasteiger charge is 2.07. The molecule has 0 aliphatic heterocycles. The monoisotopic (exact) mass is 725 g/mol. The zero-order chi connectivity index (χ0) is 39.5. The Morgan fingerprint density at radius 3 is 1.44 bits per heavy atom. The summed E-state index contributed by atoms with van der Waals surface area (Å²) in [4.78, 5) is 12.6. The minimum atomic E-state index is -0.116. The molecular formula is C47H65ClFN3. The molecule has 3 nitrogen and oxygen atoms in total. The molecule has 0 atom stereocenters. The summed E-state index contributed by atoms with van der Waals surface area (Å²) < 4.78 is 12.8. The van der Waals surface area contributed by atoms with Crippen molar-refractivity contribution in [2.75, 3.05) is 0 Å². The number of hydrogen-bond donors (Lipinski definition) is 0. The van der Waals surface area contributed by atoms with Crippen LogP contribution in [0.1, 0.15) is 155 Å². The van der Waals surface area contributed by atoms with E-state index >= 15 is 0 Å². The SMILES string of the molecule is Cc1cc(C(C)C)ccc1F.Cc1cc(C(C)C)ccn1.Cc1cccc(C(C)C)c1.Cc1ccnc(C(C)C)c1.Cc1ccnc(C(C)C)c1Cl. The first kappa shape index (κ1) is 46.1. The van der Waals surface area contributed by atoms with Gasteiger partial charge in [-0.3, -0.25) is 15.0 Å². The van der Waals surface area contributed by atoms with E-state index in [1.807, 2.05) is 50.5 Å². The van der Waals surface area contributed by atoms with E-state index in [-0.39, 0.29) is 5.82 Å². The number of hydrogen-bond acceptors (Lipinski definition) is 3. The molecule has 0 spiro atoms. The Morgan fingerprint density at radius 2 is 1.02 bits per heavy atom. The van der Waals surface area contributed by atoms with Crippen molar-refractivity contribution in [3.05, 3.63) is 158 Å². The van der Waals surface area contributed by atoms with E-state index in [4.69, 9.17) is 11.6 Å². The average molecular weight is 727 g/mol. The zero-order valence-corrected chi connectivity index (χ0v) is 35.4. The van der Waals surface area contributed by atoms with E-state index in [9.17, 15) is 4.39 Å². The molecule has 0 N–H and O–H groups in total. The molecule has 0 fully saturated rings. The van der Waals surface area contributed by atoms with Crippen molar-refractivity contribution in [2.24, 2.45) is 0 Å². The normalized spacial score (nSPS) is 10.5. The van der Waals surface area contributed by atoms with Crippen molar-refractivity contribution in [1.29, 1.82) is 0 Å². The molecule has 0 saturated carbocycles. The maximum atomic E-state index is 12.8. The van der Waals surface area contributed by atoms with Gasteiger partial charge in [0.05, 0.1) is 10.7 Å². The predicted molar refractivity (Wildman–Crippen MR) is 225 cm³/mol. The van der Waals surface area contributed by atoms with Crippen LogP contribution in [0, 0.1) is 40.4 Å². The molecule has 3 heterocycles. The van der Waals surface area contributed by atoms with Crippen LogP contribution in [0.25, 0.3) is 0 Å². The number of aryl methyl sites for hydroxylation is 5. The van der Waals surface area contributed by atoms with Gasteiger partial charge in [-0.25, -0.2) is 4.39 Å². The van der Waals surface area contributed by atoms with Crippen LogP contribution in [0.2, 0.25) is 5.02 Å². The van der Waals surface area contributed by atoms with Crippen molar-refractivity contribution in [3.63, 3.8) is 0 Å². The smallest absolute Gasteiger partial charge is 0.126 e. The molecule has 282 valence electrons. The fourth-order valence-corrected chi connectivity index (χ4v) is 5.15. The van der Waals surface area contributed by atoms with Crippen molar-refractivity contribution in [3.8, 4) is 0 Å². The molecule has 0 aliphatic carbocycles. The molecule has 0 radical (unpaired) electrons. The third-order valence-corrected chi connectivity index (χ3v) is 8.82. The number of pyridine rings is 3. The highest BCUT2D eigenvalue weighted by molar-refractivity contribution is 6.32. The van der Waals surface area contributed by atoms with Crippen LogP contribution in [-0.4, -0.2) is 15.0 Å². The summed E-state index contributed by atoms with van der Waals surface area (Å²) in [5.41, 5.74) is 11.8. The first-order chi connectivity index (χ1) is 24.3. The lowest BCUT2D eigenvalue weighted by atomic mass is 10.0. The second-order valence-electron chi connectivity index (χ2n) is 15.0. The van der Waals surface area contributed by atoms with Gasteiger partial charge < -0.3 is 0 Å². The van der Waals surface area contributed by atoms with Crippen molar-refractivity contribution in [1.82, 2.24) is 15.0 Å². The summed E-state index contributed by atoms with van der Waals surface area (Å²) in [5, 5.41) is 0.808. The molecule has 0 amide bonds. The quantitative estimate of drug-likeness (QED) is 0.181. The second kappa shape index (κ2) is 23.6. The minimum Gasteiger partial charge on any atom is -0.262 e. The first-order valence-corrected chi connectivity index (χ1v) is 19.0. The lowest BCUT2D eigenvalue weighted by Gasteiger charge is -2.07. The van der Waals surface area contributed by atoms with Crippen molar-refractivity contribution in [2.45, 2.75) is 133 Å². The van der Waals surface area contributed by atoms with E-state index in [0.717, 1.165) is 27.5 Å². The van der Waals surface area contributed by atoms with Crippen LogP contribution in [0.5, 0.6) is 0 Å². The van der Waals surface area contributed by atoms with E-state index in [1.165, 1.54) is 39.6 Å². The van der Waals surface area contributed by atoms with Crippen LogP contribution < -0.4 is 0 Å². The van der Waals surface area contributed by atoms with Crippen molar-refractivity contribution >= 4 is 11.6 Å². The maximum Gasteiger partial charge on any atom is 0.126 e. The standard InChI is InChI=1S/C10H13F.C10H14.C9H12ClN.2C9H13N/c1-7(2)9-4-5-10(11)8(3)6-9;1-8(2)10-6-4-5-9(3)7-10;1-6(2)9-8(10)7(3)4-5-11-9;1-7(2)9-4-5-10-8(3)6-9;1-7(2)9-6-8(3)4-5-10-9/h4-7H,1-3H3;4-8H,1-3H3;4-6H,1-3H3;2*4-7H,1-3H3. The van der Waals surface area contributed by atoms with E-state index in [2.05, 4.69) is 141 Å². The Kier molecular flexibility index (Phi) is 21.0. The Labute approximate surface area is 321 Å². The van der Waals surface area contributed by atoms with Crippen molar-refractivity contribution < 1.29 is 4.39 Å². The average Bonchev–Trinajstić information content (AvgIpc) is 3.08. The van der Waals surface area contributed by atoms with Gasteiger partial charge >= 0.3 is 0 Å².